The van der Waals surface area contributed by atoms with E-state index in [1.54, 1.807) is 0 Å². The van der Waals surface area contributed by atoms with Crippen molar-refractivity contribution in [3.63, 3.8) is 0 Å². The third-order valence-corrected chi connectivity index (χ3v) is 2.17. The van der Waals surface area contributed by atoms with Gasteiger partial charge < -0.3 is 10.4 Å². The van der Waals surface area contributed by atoms with Crippen LogP contribution >= 0.6 is 0 Å². The van der Waals surface area contributed by atoms with Crippen LogP contribution in [0, 0.1) is 5.82 Å². The molecule has 0 unspecified atom stereocenters. The second kappa shape index (κ2) is 6.62. The van der Waals surface area contributed by atoms with E-state index in [1.165, 1.54) is 24.3 Å². The van der Waals surface area contributed by atoms with Gasteiger partial charge in [0.25, 0.3) is 0 Å². The number of hydrogen-bond acceptors (Lipinski definition) is 2. The molecule has 5 heteroatoms. The van der Waals surface area contributed by atoms with E-state index >= 15 is 0 Å². The molecule has 1 aromatic rings. The maximum Gasteiger partial charge on any atom is 0.303 e. The minimum absolute atomic E-state index is 0.0732. The van der Waals surface area contributed by atoms with Crippen molar-refractivity contribution in [3.8, 4) is 0 Å². The minimum Gasteiger partial charge on any atom is -0.481 e. The first kappa shape index (κ1) is 13.2. The normalized spacial score (nSPS) is 9.94. The van der Waals surface area contributed by atoms with Crippen molar-refractivity contribution >= 4 is 17.6 Å². The van der Waals surface area contributed by atoms with Gasteiger partial charge in [-0.05, 0) is 37.1 Å². The molecule has 0 radical (unpaired) electrons. The predicted octanol–water partition coefficient (Wildman–Crippen LogP) is 2.41. The molecule has 0 aliphatic carbocycles. The van der Waals surface area contributed by atoms with Crippen molar-refractivity contribution in [3.05, 3.63) is 30.1 Å². The largest absolute Gasteiger partial charge is 0.481 e. The van der Waals surface area contributed by atoms with Gasteiger partial charge in [0.2, 0.25) is 5.91 Å². The summed E-state index contributed by atoms with van der Waals surface area (Å²) < 4.78 is 12.6. The monoisotopic (exact) mass is 239 g/mol. The number of hydrogen-bond donors (Lipinski definition) is 2. The van der Waals surface area contributed by atoms with Gasteiger partial charge in [-0.15, -0.1) is 0 Å². The molecule has 0 aliphatic heterocycles. The molecule has 0 aromatic heterocycles. The molecule has 0 saturated carbocycles. The predicted molar refractivity (Wildman–Crippen MR) is 61.1 cm³/mol. The number of nitrogens with one attached hydrogen (secondary N) is 1. The van der Waals surface area contributed by atoms with E-state index in [0.29, 0.717) is 18.5 Å². The van der Waals surface area contributed by atoms with Gasteiger partial charge in [0.1, 0.15) is 5.82 Å². The molecule has 2 N–H and O–H groups in total. The Hall–Kier alpha value is -1.91. The van der Waals surface area contributed by atoms with E-state index in [9.17, 15) is 14.0 Å². The number of halogens is 1. The number of carboxylic acid groups (broad SMARTS) is 1. The summed E-state index contributed by atoms with van der Waals surface area (Å²) in [6, 6.07) is 5.48. The maximum atomic E-state index is 12.6. The average Bonchev–Trinajstić information content (AvgIpc) is 2.27. The quantitative estimate of drug-likeness (QED) is 0.749. The standard InChI is InChI=1S/C12H14FNO3/c13-9-5-7-10(8-6-9)14-11(15)3-1-2-4-12(16)17/h5-8H,1-4H2,(H,14,15)(H,16,17). The number of carbonyl (C=O) groups is 2. The lowest BCUT2D eigenvalue weighted by atomic mass is 10.2. The first-order valence-corrected chi connectivity index (χ1v) is 5.35. The topological polar surface area (TPSA) is 66.4 Å². The van der Waals surface area contributed by atoms with E-state index < -0.39 is 5.97 Å². The number of anilines is 1. The zero-order valence-electron chi connectivity index (χ0n) is 9.28. The Morgan fingerprint density at radius 1 is 1.12 bits per heavy atom. The number of benzene rings is 1. The molecule has 1 amide bonds. The van der Waals surface area contributed by atoms with Gasteiger partial charge in [-0.25, -0.2) is 4.39 Å². The highest BCUT2D eigenvalue weighted by Gasteiger charge is 2.03. The molecule has 4 nitrogen and oxygen atoms in total. The summed E-state index contributed by atoms with van der Waals surface area (Å²) in [4.78, 5) is 21.6. The molecular weight excluding hydrogens is 225 g/mol. The Morgan fingerprint density at radius 3 is 2.29 bits per heavy atom. The molecule has 0 aliphatic rings. The van der Waals surface area contributed by atoms with Gasteiger partial charge in [0, 0.05) is 18.5 Å². The Bertz CT molecular complexity index is 389. The Kier molecular flexibility index (Phi) is 5.13. The van der Waals surface area contributed by atoms with Crippen molar-refractivity contribution in [1.29, 1.82) is 0 Å². The summed E-state index contributed by atoms with van der Waals surface area (Å²) in [7, 11) is 0. The molecule has 0 spiro atoms. The van der Waals surface area contributed by atoms with Crippen LogP contribution in [-0.2, 0) is 9.59 Å². The highest BCUT2D eigenvalue weighted by Crippen LogP contribution is 2.09. The molecule has 0 bridgehead atoms. The van der Waals surface area contributed by atoms with Crippen LogP contribution in [0.3, 0.4) is 0 Å². The summed E-state index contributed by atoms with van der Waals surface area (Å²) >= 11 is 0. The van der Waals surface area contributed by atoms with Gasteiger partial charge in [-0.3, -0.25) is 9.59 Å². The van der Waals surface area contributed by atoms with Gasteiger partial charge in [-0.1, -0.05) is 0 Å². The van der Waals surface area contributed by atoms with Crippen LogP contribution in [0.25, 0.3) is 0 Å². The van der Waals surface area contributed by atoms with Crippen LogP contribution in [0.5, 0.6) is 0 Å². The lowest BCUT2D eigenvalue weighted by Crippen LogP contribution is -2.11. The molecule has 0 atom stereocenters. The smallest absolute Gasteiger partial charge is 0.303 e. The van der Waals surface area contributed by atoms with Gasteiger partial charge in [-0.2, -0.15) is 0 Å². The fourth-order valence-electron chi connectivity index (χ4n) is 1.32. The van der Waals surface area contributed by atoms with E-state index in [0.717, 1.165) is 0 Å². The van der Waals surface area contributed by atoms with Crippen molar-refractivity contribution in [2.75, 3.05) is 5.32 Å². The van der Waals surface area contributed by atoms with Crippen molar-refractivity contribution in [2.45, 2.75) is 25.7 Å². The van der Waals surface area contributed by atoms with Crippen LogP contribution < -0.4 is 5.32 Å². The molecule has 0 fully saturated rings. The Labute approximate surface area is 98.5 Å². The van der Waals surface area contributed by atoms with Crippen molar-refractivity contribution in [2.24, 2.45) is 0 Å². The lowest BCUT2D eigenvalue weighted by Gasteiger charge is -2.04. The third kappa shape index (κ3) is 5.65. The van der Waals surface area contributed by atoms with Crippen LogP contribution in [0.15, 0.2) is 24.3 Å². The van der Waals surface area contributed by atoms with Crippen LogP contribution in [-0.4, -0.2) is 17.0 Å². The zero-order chi connectivity index (χ0) is 12.7. The fourth-order valence-corrected chi connectivity index (χ4v) is 1.32. The fraction of sp³-hybridized carbons (Fsp3) is 0.333. The van der Waals surface area contributed by atoms with E-state index in [-0.39, 0.29) is 24.6 Å². The third-order valence-electron chi connectivity index (χ3n) is 2.17. The molecule has 0 saturated heterocycles. The summed E-state index contributed by atoms with van der Waals surface area (Å²) in [5.41, 5.74) is 0.537. The number of unbranched alkanes of at least 4 members (excludes halogenated alkanes) is 1. The van der Waals surface area contributed by atoms with Gasteiger partial charge in [0.15, 0.2) is 0 Å². The first-order chi connectivity index (χ1) is 8.08. The molecule has 1 aromatic carbocycles. The maximum absolute atomic E-state index is 12.6. The molecule has 92 valence electrons. The van der Waals surface area contributed by atoms with Crippen molar-refractivity contribution < 1.29 is 19.1 Å². The zero-order valence-corrected chi connectivity index (χ0v) is 9.28. The average molecular weight is 239 g/mol. The number of amides is 1. The SMILES string of the molecule is O=C(O)CCCCC(=O)Nc1ccc(F)cc1. The minimum atomic E-state index is -0.857. The molecular formula is C12H14FNO3. The van der Waals surface area contributed by atoms with Gasteiger partial charge >= 0.3 is 5.97 Å². The highest BCUT2D eigenvalue weighted by molar-refractivity contribution is 5.90. The number of carboxylic acids is 1. The second-order valence-corrected chi connectivity index (χ2v) is 3.66. The van der Waals surface area contributed by atoms with Crippen molar-refractivity contribution in [1.82, 2.24) is 0 Å². The number of carbonyl (C=O) groups excluding carboxylic acids is 1. The van der Waals surface area contributed by atoms with Crippen LogP contribution in [0.1, 0.15) is 25.7 Å². The summed E-state index contributed by atoms with van der Waals surface area (Å²) in [5, 5.41) is 11.0. The summed E-state index contributed by atoms with van der Waals surface area (Å²) in [6.07, 6.45) is 1.35. The lowest BCUT2D eigenvalue weighted by molar-refractivity contribution is -0.137. The van der Waals surface area contributed by atoms with Crippen LogP contribution in [0.4, 0.5) is 10.1 Å². The molecule has 17 heavy (non-hydrogen) atoms. The van der Waals surface area contributed by atoms with E-state index in [4.69, 9.17) is 5.11 Å². The highest BCUT2D eigenvalue weighted by atomic mass is 19.1. The van der Waals surface area contributed by atoms with E-state index in [2.05, 4.69) is 5.32 Å². The number of aliphatic carboxylic acids is 1. The van der Waals surface area contributed by atoms with Gasteiger partial charge in [0.05, 0.1) is 0 Å². The molecule has 0 heterocycles. The molecule has 1 rings (SSSR count). The summed E-state index contributed by atoms with van der Waals surface area (Å²) in [5.74, 6) is -1.41. The van der Waals surface area contributed by atoms with E-state index in [1.807, 2.05) is 0 Å². The Morgan fingerprint density at radius 2 is 1.71 bits per heavy atom. The summed E-state index contributed by atoms with van der Waals surface area (Å²) in [6.45, 7) is 0. The number of rotatable bonds is 6. The second-order valence-electron chi connectivity index (χ2n) is 3.66. The van der Waals surface area contributed by atoms with Crippen LogP contribution in [0.2, 0.25) is 0 Å². The first-order valence-electron chi connectivity index (χ1n) is 5.35. The Balaban J connectivity index is 2.25.